The van der Waals surface area contributed by atoms with Gasteiger partial charge in [-0.05, 0) is 18.3 Å². The molecular formula is C9H10BrNOS. The number of carbonyl (C=O) groups excluding carboxylic acids is 1. The van der Waals surface area contributed by atoms with E-state index in [2.05, 4.69) is 27.8 Å². The van der Waals surface area contributed by atoms with Gasteiger partial charge >= 0.3 is 0 Å². The molecule has 4 heteroatoms. The third-order valence-corrected chi connectivity index (χ3v) is 5.30. The number of aldehydes is 1. The first-order chi connectivity index (χ1) is 6.15. The number of halogens is 1. The number of carbonyl (C=O) groups is 1. The Kier molecular flexibility index (Phi) is 2.28. The molecule has 1 aliphatic rings. The van der Waals surface area contributed by atoms with Gasteiger partial charge in [0.25, 0.3) is 0 Å². The number of aromatic nitrogens is 1. The summed E-state index contributed by atoms with van der Waals surface area (Å²) in [5.41, 5.74) is 0.923. The highest BCUT2D eigenvalue weighted by Crippen LogP contribution is 2.58. The highest BCUT2D eigenvalue weighted by Gasteiger charge is 2.45. The molecule has 2 nitrogen and oxygen atoms in total. The molecule has 1 saturated carbocycles. The van der Waals surface area contributed by atoms with Gasteiger partial charge in [0, 0.05) is 5.38 Å². The average molecular weight is 260 g/mol. The van der Waals surface area contributed by atoms with Gasteiger partial charge in [-0.2, -0.15) is 0 Å². The molecule has 1 aromatic rings. The maximum absolute atomic E-state index is 10.4. The Morgan fingerprint density at radius 1 is 1.77 bits per heavy atom. The van der Waals surface area contributed by atoms with Crippen LogP contribution in [0, 0.1) is 5.41 Å². The van der Waals surface area contributed by atoms with Gasteiger partial charge in [-0.3, -0.25) is 4.79 Å². The molecule has 0 bridgehead atoms. The van der Waals surface area contributed by atoms with E-state index in [1.165, 1.54) is 12.8 Å². The maximum Gasteiger partial charge on any atom is 0.169 e. The van der Waals surface area contributed by atoms with Crippen molar-refractivity contribution in [1.82, 2.24) is 4.98 Å². The Balaban J connectivity index is 2.20. The molecule has 0 radical (unpaired) electrons. The summed E-state index contributed by atoms with van der Waals surface area (Å²) in [4.78, 5) is 15.0. The summed E-state index contributed by atoms with van der Waals surface area (Å²) in [5.74, 6) is 0. The SMILES string of the molecule is CC1(C(Br)c2nc(C=O)cs2)CC1. The predicted molar refractivity (Wildman–Crippen MR) is 56.5 cm³/mol. The number of hydrogen-bond donors (Lipinski definition) is 0. The van der Waals surface area contributed by atoms with Crippen LogP contribution in [0.25, 0.3) is 0 Å². The predicted octanol–water partition coefficient (Wildman–Crippen LogP) is 3.19. The van der Waals surface area contributed by atoms with Gasteiger partial charge in [-0.1, -0.05) is 22.9 Å². The Morgan fingerprint density at radius 2 is 2.46 bits per heavy atom. The number of thiazole rings is 1. The second-order valence-electron chi connectivity index (χ2n) is 3.75. The minimum Gasteiger partial charge on any atom is -0.296 e. The van der Waals surface area contributed by atoms with Crippen LogP contribution in [0.2, 0.25) is 0 Å². The van der Waals surface area contributed by atoms with Crippen LogP contribution in [0.4, 0.5) is 0 Å². The monoisotopic (exact) mass is 259 g/mol. The molecular weight excluding hydrogens is 250 g/mol. The van der Waals surface area contributed by atoms with E-state index in [4.69, 9.17) is 0 Å². The molecule has 0 spiro atoms. The van der Waals surface area contributed by atoms with E-state index in [1.807, 2.05) is 5.38 Å². The fraction of sp³-hybridized carbons (Fsp3) is 0.556. The molecule has 1 fully saturated rings. The average Bonchev–Trinajstić information content (AvgIpc) is 2.71. The van der Waals surface area contributed by atoms with Crippen LogP contribution in [0.3, 0.4) is 0 Å². The van der Waals surface area contributed by atoms with Crippen LogP contribution < -0.4 is 0 Å². The zero-order valence-electron chi connectivity index (χ0n) is 7.29. The van der Waals surface area contributed by atoms with Crippen molar-refractivity contribution in [3.05, 3.63) is 16.1 Å². The largest absolute Gasteiger partial charge is 0.296 e. The molecule has 0 saturated heterocycles. The van der Waals surface area contributed by atoms with Gasteiger partial charge in [0.2, 0.25) is 0 Å². The van der Waals surface area contributed by atoms with Crippen molar-refractivity contribution in [2.24, 2.45) is 5.41 Å². The van der Waals surface area contributed by atoms with Gasteiger partial charge in [0.05, 0.1) is 4.83 Å². The summed E-state index contributed by atoms with van der Waals surface area (Å²) in [5, 5.41) is 2.84. The van der Waals surface area contributed by atoms with E-state index >= 15 is 0 Å². The Labute approximate surface area is 89.5 Å². The van der Waals surface area contributed by atoms with Crippen molar-refractivity contribution in [2.75, 3.05) is 0 Å². The van der Waals surface area contributed by atoms with E-state index in [0.717, 1.165) is 11.3 Å². The Bertz CT molecular complexity index is 332. The van der Waals surface area contributed by atoms with E-state index in [0.29, 0.717) is 15.9 Å². The second-order valence-corrected chi connectivity index (χ2v) is 5.55. The van der Waals surface area contributed by atoms with Crippen molar-refractivity contribution < 1.29 is 4.79 Å². The zero-order valence-corrected chi connectivity index (χ0v) is 9.69. The Hall–Kier alpha value is -0.220. The molecule has 1 atom stereocenters. The maximum atomic E-state index is 10.4. The minimum absolute atomic E-state index is 0.318. The van der Waals surface area contributed by atoms with Gasteiger partial charge in [0.15, 0.2) is 6.29 Å². The lowest BCUT2D eigenvalue weighted by Crippen LogP contribution is -2.02. The molecule has 1 unspecified atom stereocenters. The number of nitrogens with zero attached hydrogens (tertiary/aromatic N) is 1. The van der Waals surface area contributed by atoms with E-state index < -0.39 is 0 Å². The number of hydrogen-bond acceptors (Lipinski definition) is 3. The molecule has 13 heavy (non-hydrogen) atoms. The molecule has 1 heterocycles. The summed E-state index contributed by atoms with van der Waals surface area (Å²) in [6, 6.07) is 0. The van der Waals surface area contributed by atoms with Crippen molar-refractivity contribution in [2.45, 2.75) is 24.6 Å². The summed E-state index contributed by atoms with van der Waals surface area (Å²) >= 11 is 5.20. The van der Waals surface area contributed by atoms with Gasteiger partial charge in [0.1, 0.15) is 10.7 Å². The van der Waals surface area contributed by atoms with Crippen molar-refractivity contribution in [3.8, 4) is 0 Å². The lowest BCUT2D eigenvalue weighted by molar-refractivity contribution is 0.111. The smallest absolute Gasteiger partial charge is 0.169 e. The Morgan fingerprint density at radius 3 is 2.92 bits per heavy atom. The fourth-order valence-electron chi connectivity index (χ4n) is 1.22. The first kappa shape index (κ1) is 9.34. The number of alkyl halides is 1. The first-order valence-corrected chi connectivity index (χ1v) is 6.00. The second kappa shape index (κ2) is 3.17. The van der Waals surface area contributed by atoms with Crippen molar-refractivity contribution in [3.63, 3.8) is 0 Å². The standard InChI is InChI=1S/C9H10BrNOS/c1-9(2-3-9)7(10)8-11-6(4-12)5-13-8/h4-5,7H,2-3H2,1H3. The molecule has 2 rings (SSSR count). The summed E-state index contributed by atoms with van der Waals surface area (Å²) in [6.07, 6.45) is 3.30. The van der Waals surface area contributed by atoms with Gasteiger partial charge < -0.3 is 0 Å². The molecule has 0 N–H and O–H groups in total. The molecule has 1 aliphatic carbocycles. The van der Waals surface area contributed by atoms with E-state index in [1.54, 1.807) is 11.3 Å². The summed E-state index contributed by atoms with van der Waals surface area (Å²) in [7, 11) is 0. The minimum atomic E-state index is 0.318. The highest BCUT2D eigenvalue weighted by molar-refractivity contribution is 9.09. The van der Waals surface area contributed by atoms with Crippen LogP contribution in [0.1, 0.15) is 40.1 Å². The fourth-order valence-corrected chi connectivity index (χ4v) is 3.02. The zero-order chi connectivity index (χ0) is 9.47. The normalized spacial score (nSPS) is 21.1. The van der Waals surface area contributed by atoms with Crippen LogP contribution >= 0.6 is 27.3 Å². The van der Waals surface area contributed by atoms with Gasteiger partial charge in [-0.25, -0.2) is 4.98 Å². The van der Waals surface area contributed by atoms with Gasteiger partial charge in [-0.15, -0.1) is 11.3 Å². The van der Waals surface area contributed by atoms with Crippen LogP contribution in [0.15, 0.2) is 5.38 Å². The topological polar surface area (TPSA) is 30.0 Å². The van der Waals surface area contributed by atoms with Crippen molar-refractivity contribution in [1.29, 1.82) is 0 Å². The van der Waals surface area contributed by atoms with E-state index in [9.17, 15) is 4.79 Å². The molecule has 0 amide bonds. The first-order valence-electron chi connectivity index (χ1n) is 4.20. The van der Waals surface area contributed by atoms with Crippen LogP contribution in [-0.4, -0.2) is 11.3 Å². The molecule has 1 aromatic heterocycles. The molecule has 0 aromatic carbocycles. The van der Waals surface area contributed by atoms with Crippen LogP contribution in [0.5, 0.6) is 0 Å². The number of rotatable bonds is 3. The molecule has 0 aliphatic heterocycles. The highest BCUT2D eigenvalue weighted by atomic mass is 79.9. The lowest BCUT2D eigenvalue weighted by atomic mass is 10.1. The lowest BCUT2D eigenvalue weighted by Gasteiger charge is -2.13. The quantitative estimate of drug-likeness (QED) is 0.617. The van der Waals surface area contributed by atoms with Crippen molar-refractivity contribution >= 4 is 33.6 Å². The van der Waals surface area contributed by atoms with E-state index in [-0.39, 0.29) is 0 Å². The summed E-state index contributed by atoms with van der Waals surface area (Å²) < 4.78 is 0. The third kappa shape index (κ3) is 1.70. The van der Waals surface area contributed by atoms with Crippen LogP contribution in [-0.2, 0) is 0 Å². The molecule has 70 valence electrons. The summed E-state index contributed by atoms with van der Waals surface area (Å²) in [6.45, 7) is 2.24. The third-order valence-electron chi connectivity index (χ3n) is 2.53.